The lowest BCUT2D eigenvalue weighted by molar-refractivity contribution is -0.116. The van der Waals surface area contributed by atoms with E-state index in [1.54, 1.807) is 4.90 Å². The van der Waals surface area contributed by atoms with Crippen molar-refractivity contribution < 1.29 is 4.79 Å². The van der Waals surface area contributed by atoms with Crippen LogP contribution in [0.1, 0.15) is 36.6 Å². The summed E-state index contributed by atoms with van der Waals surface area (Å²) < 4.78 is 0. The Kier molecular flexibility index (Phi) is 4.00. The molecule has 0 saturated heterocycles. The number of aryl methyl sites for hydroxylation is 2. The highest BCUT2D eigenvalue weighted by Gasteiger charge is 2.19. The molecule has 1 heterocycles. The molecule has 0 fully saturated rings. The number of likely N-dealkylation sites (N-methyl/N-ethyl adjacent to an activating group) is 1. The molecule has 1 aromatic rings. The molecule has 2 rings (SSSR count). The zero-order chi connectivity index (χ0) is 13.8. The average molecular weight is 258 g/mol. The van der Waals surface area contributed by atoms with Gasteiger partial charge in [0, 0.05) is 12.2 Å². The number of nitrogens with two attached hydrogens (primary N) is 1. The van der Waals surface area contributed by atoms with Gasteiger partial charge in [-0.1, -0.05) is 0 Å². The second kappa shape index (κ2) is 5.70. The van der Waals surface area contributed by atoms with Crippen LogP contribution in [-0.2, 0) is 17.6 Å². The van der Waals surface area contributed by atoms with Crippen molar-refractivity contribution in [2.24, 2.45) is 5.73 Å². The van der Waals surface area contributed by atoms with Gasteiger partial charge >= 0.3 is 0 Å². The number of carbonyl (C=O) groups is 1. The predicted octanol–water partition coefficient (Wildman–Crippen LogP) is 1.14. The van der Waals surface area contributed by atoms with Gasteiger partial charge in [-0.2, -0.15) is 5.26 Å². The molecule has 19 heavy (non-hydrogen) atoms. The summed E-state index contributed by atoms with van der Waals surface area (Å²) in [6, 6.07) is 4.09. The van der Waals surface area contributed by atoms with Crippen LogP contribution in [-0.4, -0.2) is 24.0 Å². The summed E-state index contributed by atoms with van der Waals surface area (Å²) in [5.74, 6) is 0.176. The van der Waals surface area contributed by atoms with E-state index in [4.69, 9.17) is 5.73 Å². The van der Waals surface area contributed by atoms with Crippen LogP contribution in [0.4, 0.5) is 5.82 Å². The number of fused-ring (bicyclic) bond motifs is 1. The number of hydrogen-bond donors (Lipinski definition) is 1. The zero-order valence-electron chi connectivity index (χ0n) is 11.1. The first-order chi connectivity index (χ1) is 9.15. The molecule has 1 aliphatic carbocycles. The van der Waals surface area contributed by atoms with Crippen LogP contribution in [0.2, 0.25) is 0 Å². The van der Waals surface area contributed by atoms with Gasteiger partial charge in [-0.15, -0.1) is 0 Å². The molecule has 0 aromatic carbocycles. The number of carbonyl (C=O) groups excluding carboxylic acids is 1. The number of hydrogen-bond acceptors (Lipinski definition) is 4. The summed E-state index contributed by atoms with van der Waals surface area (Å²) in [5, 5.41) is 9.27. The Morgan fingerprint density at radius 3 is 2.89 bits per heavy atom. The Bertz CT molecular complexity index is 533. The quantitative estimate of drug-likeness (QED) is 0.878. The molecule has 0 unspecified atom stereocenters. The number of rotatable bonds is 4. The zero-order valence-corrected chi connectivity index (χ0v) is 11.1. The van der Waals surface area contributed by atoms with Crippen LogP contribution in [0.3, 0.4) is 0 Å². The molecule has 0 saturated carbocycles. The summed E-state index contributed by atoms with van der Waals surface area (Å²) in [5.41, 5.74) is 8.00. The fourth-order valence-electron chi connectivity index (χ4n) is 2.47. The van der Waals surface area contributed by atoms with Gasteiger partial charge in [-0.3, -0.25) is 4.79 Å². The third-order valence-corrected chi connectivity index (χ3v) is 3.43. The van der Waals surface area contributed by atoms with Crippen molar-refractivity contribution in [2.75, 3.05) is 18.0 Å². The van der Waals surface area contributed by atoms with Gasteiger partial charge in [0.1, 0.15) is 11.9 Å². The Labute approximate surface area is 113 Å². The molecule has 0 atom stereocenters. The lowest BCUT2D eigenvalue weighted by Crippen LogP contribution is -2.35. The number of nitrogens with zero attached hydrogens (tertiary/aromatic N) is 3. The Hall–Kier alpha value is -2.09. The minimum Gasteiger partial charge on any atom is -0.368 e. The average Bonchev–Trinajstić information content (AvgIpc) is 2.43. The number of pyridine rings is 1. The highest BCUT2D eigenvalue weighted by Crippen LogP contribution is 2.26. The smallest absolute Gasteiger partial charge is 0.236 e. The van der Waals surface area contributed by atoms with Crippen molar-refractivity contribution in [1.82, 2.24) is 4.98 Å². The molecule has 100 valence electrons. The number of nitriles is 1. The maximum absolute atomic E-state index is 11.1. The Balaban J connectivity index is 2.43. The van der Waals surface area contributed by atoms with E-state index in [1.165, 1.54) is 5.56 Å². The van der Waals surface area contributed by atoms with Gasteiger partial charge in [0.2, 0.25) is 5.91 Å². The van der Waals surface area contributed by atoms with Gasteiger partial charge in [0.15, 0.2) is 0 Å². The third-order valence-electron chi connectivity index (χ3n) is 3.43. The molecule has 0 aliphatic heterocycles. The predicted molar refractivity (Wildman–Crippen MR) is 72.7 cm³/mol. The second-order valence-corrected chi connectivity index (χ2v) is 4.76. The van der Waals surface area contributed by atoms with E-state index >= 15 is 0 Å². The number of anilines is 1. The normalized spacial score (nSPS) is 13.5. The second-order valence-electron chi connectivity index (χ2n) is 4.76. The molecule has 0 radical (unpaired) electrons. The fraction of sp³-hybridized carbons (Fsp3) is 0.500. The van der Waals surface area contributed by atoms with E-state index in [9.17, 15) is 10.1 Å². The van der Waals surface area contributed by atoms with Crippen molar-refractivity contribution in [3.63, 3.8) is 0 Å². The highest BCUT2D eigenvalue weighted by atomic mass is 16.1. The summed E-state index contributed by atoms with van der Waals surface area (Å²) in [4.78, 5) is 17.5. The van der Waals surface area contributed by atoms with E-state index in [0.29, 0.717) is 17.9 Å². The van der Waals surface area contributed by atoms with Crippen molar-refractivity contribution in [1.29, 1.82) is 5.26 Å². The monoisotopic (exact) mass is 258 g/mol. The molecule has 5 heteroatoms. The summed E-state index contributed by atoms with van der Waals surface area (Å²) >= 11 is 0. The van der Waals surface area contributed by atoms with E-state index in [2.05, 4.69) is 11.1 Å². The standard InChI is InChI=1S/C14H18N4O/c1-2-18(9-13(16)19)14-11(8-15)7-10-5-3-4-6-12(10)17-14/h7H,2-6,9H2,1H3,(H2,16,19). The van der Waals surface area contributed by atoms with E-state index in [1.807, 2.05) is 13.0 Å². The minimum absolute atomic E-state index is 0.0942. The topological polar surface area (TPSA) is 83.0 Å². The lowest BCUT2D eigenvalue weighted by Gasteiger charge is -2.24. The summed E-state index contributed by atoms with van der Waals surface area (Å²) in [7, 11) is 0. The largest absolute Gasteiger partial charge is 0.368 e. The van der Waals surface area contributed by atoms with Crippen molar-refractivity contribution in [3.8, 4) is 6.07 Å². The molecular formula is C14H18N4O. The van der Waals surface area contributed by atoms with Crippen LogP contribution >= 0.6 is 0 Å². The van der Waals surface area contributed by atoms with Crippen LogP contribution in [0.25, 0.3) is 0 Å². The third kappa shape index (κ3) is 2.84. The van der Waals surface area contributed by atoms with Gasteiger partial charge in [-0.05, 0) is 44.2 Å². The lowest BCUT2D eigenvalue weighted by atomic mass is 9.95. The first-order valence-electron chi connectivity index (χ1n) is 6.61. The number of amides is 1. The van der Waals surface area contributed by atoms with Gasteiger partial charge in [-0.25, -0.2) is 4.98 Å². The number of primary amides is 1. The molecule has 5 nitrogen and oxygen atoms in total. The molecule has 0 spiro atoms. The Morgan fingerprint density at radius 2 is 2.26 bits per heavy atom. The van der Waals surface area contributed by atoms with Gasteiger partial charge in [0.25, 0.3) is 0 Å². The minimum atomic E-state index is -0.412. The summed E-state index contributed by atoms with van der Waals surface area (Å²) in [6.45, 7) is 2.62. The summed E-state index contributed by atoms with van der Waals surface area (Å²) in [6.07, 6.45) is 4.21. The Morgan fingerprint density at radius 1 is 1.53 bits per heavy atom. The maximum atomic E-state index is 11.1. The molecule has 1 aliphatic rings. The van der Waals surface area contributed by atoms with E-state index in [0.717, 1.165) is 31.4 Å². The maximum Gasteiger partial charge on any atom is 0.236 e. The first kappa shape index (κ1) is 13.3. The molecule has 0 bridgehead atoms. The SMILES string of the molecule is CCN(CC(N)=O)c1nc2c(cc1C#N)CCCC2. The van der Waals surface area contributed by atoms with Crippen LogP contribution in [0.5, 0.6) is 0 Å². The first-order valence-corrected chi connectivity index (χ1v) is 6.61. The van der Waals surface area contributed by atoms with Crippen LogP contribution in [0.15, 0.2) is 6.07 Å². The van der Waals surface area contributed by atoms with Gasteiger partial charge in [0.05, 0.1) is 12.1 Å². The van der Waals surface area contributed by atoms with Gasteiger partial charge < -0.3 is 10.6 Å². The molecule has 1 amide bonds. The molecule has 1 aromatic heterocycles. The highest BCUT2D eigenvalue weighted by molar-refractivity contribution is 5.79. The van der Waals surface area contributed by atoms with Crippen molar-refractivity contribution >= 4 is 11.7 Å². The van der Waals surface area contributed by atoms with Crippen molar-refractivity contribution in [3.05, 3.63) is 22.9 Å². The van der Waals surface area contributed by atoms with E-state index in [-0.39, 0.29) is 6.54 Å². The van der Waals surface area contributed by atoms with Crippen LogP contribution < -0.4 is 10.6 Å². The number of aromatic nitrogens is 1. The molecule has 2 N–H and O–H groups in total. The van der Waals surface area contributed by atoms with Crippen molar-refractivity contribution in [2.45, 2.75) is 32.6 Å². The fourth-order valence-corrected chi connectivity index (χ4v) is 2.47. The van der Waals surface area contributed by atoms with E-state index < -0.39 is 5.91 Å². The molecular weight excluding hydrogens is 240 g/mol. The van der Waals surface area contributed by atoms with Crippen LogP contribution in [0, 0.1) is 11.3 Å².